The lowest BCUT2D eigenvalue weighted by Gasteiger charge is -2.05. The van der Waals surface area contributed by atoms with Crippen LogP contribution in [0.25, 0.3) is 0 Å². The van der Waals surface area contributed by atoms with Gasteiger partial charge in [0.15, 0.2) is 0 Å². The van der Waals surface area contributed by atoms with E-state index in [1.165, 1.54) is 24.4 Å². The number of hydrogen-bond donors (Lipinski definition) is 0. The number of aromatic nitrogens is 1. The zero-order valence-corrected chi connectivity index (χ0v) is 9.60. The summed E-state index contributed by atoms with van der Waals surface area (Å²) in [6, 6.07) is 6.25. The predicted molar refractivity (Wildman–Crippen MR) is 62.4 cm³/mol. The number of nitro groups is 1. The molecular formula is C11H6ClFN2O3. The Labute approximate surface area is 106 Å². The molecule has 0 aliphatic heterocycles. The van der Waals surface area contributed by atoms with Crippen molar-refractivity contribution in [2.24, 2.45) is 0 Å². The maximum atomic E-state index is 13.3. The molecule has 1 aromatic heterocycles. The zero-order chi connectivity index (χ0) is 13.1. The fraction of sp³-hybridized carbons (Fsp3) is 0. The van der Waals surface area contributed by atoms with Gasteiger partial charge in [0.2, 0.25) is 5.82 Å². The molecule has 18 heavy (non-hydrogen) atoms. The summed E-state index contributed by atoms with van der Waals surface area (Å²) in [6.45, 7) is 0. The summed E-state index contributed by atoms with van der Waals surface area (Å²) in [6.07, 6.45) is 1.43. The molecule has 0 aliphatic carbocycles. The maximum Gasteiger partial charge on any atom is 0.305 e. The molecule has 0 unspecified atom stereocenters. The summed E-state index contributed by atoms with van der Waals surface area (Å²) in [4.78, 5) is 13.4. The third kappa shape index (κ3) is 2.72. The molecular weight excluding hydrogens is 263 g/mol. The zero-order valence-electron chi connectivity index (χ0n) is 8.84. The molecule has 0 saturated heterocycles. The van der Waals surface area contributed by atoms with Gasteiger partial charge in [-0.2, -0.15) is 4.39 Å². The quantitative estimate of drug-likeness (QED) is 0.485. The van der Waals surface area contributed by atoms with Gasteiger partial charge < -0.3 is 4.74 Å². The molecule has 0 N–H and O–H groups in total. The molecule has 0 bridgehead atoms. The molecule has 2 rings (SSSR count). The van der Waals surface area contributed by atoms with Gasteiger partial charge in [-0.3, -0.25) is 10.1 Å². The van der Waals surface area contributed by atoms with Crippen LogP contribution >= 0.6 is 11.6 Å². The minimum Gasteiger partial charge on any atom is -0.457 e. The van der Waals surface area contributed by atoms with Crippen LogP contribution in [0.5, 0.6) is 11.5 Å². The Morgan fingerprint density at radius 1 is 1.28 bits per heavy atom. The first-order chi connectivity index (χ1) is 8.56. The van der Waals surface area contributed by atoms with Crippen LogP contribution in [0.4, 0.5) is 10.1 Å². The topological polar surface area (TPSA) is 65.3 Å². The van der Waals surface area contributed by atoms with Crippen molar-refractivity contribution in [3.8, 4) is 11.5 Å². The van der Waals surface area contributed by atoms with Gasteiger partial charge in [0, 0.05) is 24.4 Å². The van der Waals surface area contributed by atoms with Crippen LogP contribution in [0, 0.1) is 15.9 Å². The first kappa shape index (κ1) is 12.3. The molecule has 5 nitrogen and oxygen atoms in total. The van der Waals surface area contributed by atoms with E-state index in [9.17, 15) is 14.5 Å². The Kier molecular flexibility index (Phi) is 3.38. The van der Waals surface area contributed by atoms with Crippen molar-refractivity contribution in [3.05, 3.63) is 57.6 Å². The molecule has 2 aromatic rings. The standard InChI is InChI=1S/C11H6ClFN2O3/c12-11-6-8(3-4-14-11)18-7-1-2-10(15(16)17)9(13)5-7/h1-6H. The monoisotopic (exact) mass is 268 g/mol. The van der Waals surface area contributed by atoms with Gasteiger partial charge in [-0.25, -0.2) is 4.98 Å². The first-order valence-electron chi connectivity index (χ1n) is 4.79. The smallest absolute Gasteiger partial charge is 0.305 e. The molecule has 1 aromatic carbocycles. The molecule has 0 amide bonds. The van der Waals surface area contributed by atoms with E-state index >= 15 is 0 Å². The SMILES string of the molecule is O=[N+]([O-])c1ccc(Oc2ccnc(Cl)c2)cc1F. The van der Waals surface area contributed by atoms with Gasteiger partial charge in [0.1, 0.15) is 16.7 Å². The fourth-order valence-corrected chi connectivity index (χ4v) is 1.45. The van der Waals surface area contributed by atoms with Gasteiger partial charge in [-0.05, 0) is 12.1 Å². The lowest BCUT2D eigenvalue weighted by atomic mass is 10.3. The van der Waals surface area contributed by atoms with Crippen LogP contribution in [-0.2, 0) is 0 Å². The van der Waals surface area contributed by atoms with Crippen molar-refractivity contribution in [1.29, 1.82) is 0 Å². The number of rotatable bonds is 3. The van der Waals surface area contributed by atoms with Gasteiger partial charge in [-0.15, -0.1) is 0 Å². The second kappa shape index (κ2) is 4.97. The third-order valence-electron chi connectivity index (χ3n) is 2.05. The third-order valence-corrected chi connectivity index (χ3v) is 2.26. The van der Waals surface area contributed by atoms with Crippen LogP contribution in [-0.4, -0.2) is 9.91 Å². The summed E-state index contributed by atoms with van der Waals surface area (Å²) in [5, 5.41) is 10.7. The maximum absolute atomic E-state index is 13.3. The van der Waals surface area contributed by atoms with E-state index < -0.39 is 16.4 Å². The molecule has 7 heteroatoms. The molecule has 92 valence electrons. The molecule has 0 fully saturated rings. The highest BCUT2D eigenvalue weighted by molar-refractivity contribution is 6.29. The van der Waals surface area contributed by atoms with E-state index in [1.807, 2.05) is 0 Å². The lowest BCUT2D eigenvalue weighted by molar-refractivity contribution is -0.387. The van der Waals surface area contributed by atoms with E-state index in [0.717, 1.165) is 12.1 Å². The Balaban J connectivity index is 2.25. The van der Waals surface area contributed by atoms with E-state index in [4.69, 9.17) is 16.3 Å². The molecule has 0 saturated carbocycles. The molecule has 1 heterocycles. The van der Waals surface area contributed by atoms with E-state index in [2.05, 4.69) is 4.98 Å². The van der Waals surface area contributed by atoms with Crippen LogP contribution in [0.15, 0.2) is 36.5 Å². The largest absolute Gasteiger partial charge is 0.457 e. The number of hydrogen-bond acceptors (Lipinski definition) is 4. The number of halogens is 2. The number of nitrogens with zero attached hydrogens (tertiary/aromatic N) is 2. The number of ether oxygens (including phenoxy) is 1. The Bertz CT molecular complexity index is 607. The molecule has 0 aliphatic rings. The molecule has 0 atom stereocenters. The summed E-state index contributed by atoms with van der Waals surface area (Å²) in [7, 11) is 0. The van der Waals surface area contributed by atoms with Crippen molar-refractivity contribution >= 4 is 17.3 Å². The Morgan fingerprint density at radius 3 is 2.61 bits per heavy atom. The van der Waals surface area contributed by atoms with Gasteiger partial charge >= 0.3 is 5.69 Å². The van der Waals surface area contributed by atoms with E-state index in [0.29, 0.717) is 5.75 Å². The first-order valence-corrected chi connectivity index (χ1v) is 5.17. The minimum absolute atomic E-state index is 0.139. The van der Waals surface area contributed by atoms with Crippen molar-refractivity contribution in [2.45, 2.75) is 0 Å². The highest BCUT2D eigenvalue weighted by Crippen LogP contribution is 2.27. The molecule has 0 radical (unpaired) electrons. The van der Waals surface area contributed by atoms with Gasteiger partial charge in [-0.1, -0.05) is 11.6 Å². The number of pyridine rings is 1. The van der Waals surface area contributed by atoms with Crippen LogP contribution in [0.3, 0.4) is 0 Å². The number of benzene rings is 1. The Morgan fingerprint density at radius 2 is 2.00 bits per heavy atom. The molecule has 0 spiro atoms. The average Bonchev–Trinajstić information content (AvgIpc) is 2.28. The van der Waals surface area contributed by atoms with E-state index in [-0.39, 0.29) is 10.9 Å². The normalized spacial score (nSPS) is 10.1. The van der Waals surface area contributed by atoms with Crippen molar-refractivity contribution in [2.75, 3.05) is 0 Å². The second-order valence-corrected chi connectivity index (χ2v) is 3.67. The fourth-order valence-electron chi connectivity index (χ4n) is 1.28. The summed E-state index contributed by atoms with van der Waals surface area (Å²) in [5.41, 5.74) is -0.602. The summed E-state index contributed by atoms with van der Waals surface area (Å²) < 4.78 is 18.6. The average molecular weight is 269 g/mol. The minimum atomic E-state index is -0.961. The highest BCUT2D eigenvalue weighted by atomic mass is 35.5. The van der Waals surface area contributed by atoms with Crippen LogP contribution in [0.2, 0.25) is 5.15 Å². The van der Waals surface area contributed by atoms with Crippen molar-refractivity contribution in [3.63, 3.8) is 0 Å². The summed E-state index contributed by atoms with van der Waals surface area (Å²) in [5.74, 6) is -0.457. The highest BCUT2D eigenvalue weighted by Gasteiger charge is 2.14. The van der Waals surface area contributed by atoms with E-state index in [1.54, 1.807) is 0 Å². The predicted octanol–water partition coefficient (Wildman–Crippen LogP) is 3.57. The van der Waals surface area contributed by atoms with Crippen LogP contribution < -0.4 is 4.74 Å². The van der Waals surface area contributed by atoms with Gasteiger partial charge in [0.25, 0.3) is 0 Å². The Hall–Kier alpha value is -2.21. The lowest BCUT2D eigenvalue weighted by Crippen LogP contribution is -1.93. The number of nitro benzene ring substituents is 1. The van der Waals surface area contributed by atoms with Crippen molar-refractivity contribution < 1.29 is 14.1 Å². The van der Waals surface area contributed by atoms with Crippen molar-refractivity contribution in [1.82, 2.24) is 4.98 Å². The second-order valence-electron chi connectivity index (χ2n) is 3.29. The van der Waals surface area contributed by atoms with Crippen LogP contribution in [0.1, 0.15) is 0 Å². The summed E-state index contributed by atoms with van der Waals surface area (Å²) >= 11 is 5.65. The van der Waals surface area contributed by atoms with Gasteiger partial charge in [0.05, 0.1) is 4.92 Å².